The van der Waals surface area contributed by atoms with Crippen molar-refractivity contribution < 1.29 is 9.90 Å². The van der Waals surface area contributed by atoms with Crippen LogP contribution >= 0.6 is 11.8 Å². The Morgan fingerprint density at radius 3 is 3.27 bits per heavy atom. The minimum Gasteiger partial charge on any atom is -0.481 e. The highest BCUT2D eigenvalue weighted by Crippen LogP contribution is 2.30. The molecule has 2 unspecified atom stereocenters. The lowest BCUT2D eigenvalue weighted by Crippen LogP contribution is -2.17. The summed E-state index contributed by atoms with van der Waals surface area (Å²) < 4.78 is 0. The number of fused-ring (bicyclic) bond motifs is 2. The van der Waals surface area contributed by atoms with E-state index in [1.54, 1.807) is 11.8 Å². The summed E-state index contributed by atoms with van der Waals surface area (Å²) in [6, 6.07) is 0.167. The lowest BCUT2D eigenvalue weighted by molar-refractivity contribution is -0.136. The lowest BCUT2D eigenvalue weighted by Gasteiger charge is -2.20. The first kappa shape index (κ1) is 10.5. The second kappa shape index (κ2) is 4.23. The minimum absolute atomic E-state index is 0.0962. The number of carboxylic acid groups (broad SMARTS) is 1. The third-order valence-corrected chi connectivity index (χ3v) is 3.53. The van der Waals surface area contributed by atoms with Crippen molar-refractivity contribution in [1.29, 1.82) is 0 Å². The zero-order valence-electron chi connectivity index (χ0n) is 8.51. The van der Waals surface area contributed by atoms with Gasteiger partial charge in [0, 0.05) is 5.25 Å². The molecule has 0 spiro atoms. The van der Waals surface area contributed by atoms with Crippen molar-refractivity contribution in [3.8, 4) is 0 Å². The highest BCUT2D eigenvalue weighted by molar-refractivity contribution is 8.14. The molecule has 0 radical (unpaired) electrons. The largest absolute Gasteiger partial charge is 0.481 e. The van der Waals surface area contributed by atoms with Gasteiger partial charge in [-0.25, -0.2) is 0 Å². The number of hydrogen-bond donors (Lipinski definition) is 1. The fourth-order valence-electron chi connectivity index (χ4n) is 1.87. The average Bonchev–Trinajstić information content (AvgIpc) is 2.24. The summed E-state index contributed by atoms with van der Waals surface area (Å²) in [6.45, 7) is 2.01. The molecule has 80 valence electrons. The van der Waals surface area contributed by atoms with Crippen molar-refractivity contribution in [3.63, 3.8) is 0 Å². The number of hydrogen-bond acceptors (Lipinski definition) is 3. The SMILES string of the molecule is CC1=NC2C=C(CC(=O)O)C=CC(C2)S1. The van der Waals surface area contributed by atoms with Crippen LogP contribution in [0.3, 0.4) is 0 Å². The molecule has 4 heteroatoms. The van der Waals surface area contributed by atoms with E-state index in [9.17, 15) is 4.79 Å². The number of thioether (sulfide) groups is 1. The van der Waals surface area contributed by atoms with Crippen LogP contribution in [0.15, 0.2) is 28.8 Å². The standard InChI is InChI=1S/C11H13NO2S/c1-7-12-9-4-8(5-11(13)14)2-3-10(6-9)15-7/h2-4,9-10H,5-6H2,1H3,(H,13,14). The van der Waals surface area contributed by atoms with Crippen molar-refractivity contribution in [2.75, 3.05) is 0 Å². The Kier molecular flexibility index (Phi) is 2.95. The van der Waals surface area contributed by atoms with Crippen LogP contribution in [0.2, 0.25) is 0 Å². The van der Waals surface area contributed by atoms with Gasteiger partial charge in [0.1, 0.15) is 0 Å². The van der Waals surface area contributed by atoms with Crippen LogP contribution in [-0.2, 0) is 4.79 Å². The second-order valence-electron chi connectivity index (χ2n) is 3.78. The Hall–Kier alpha value is -1.03. The first-order valence-electron chi connectivity index (χ1n) is 4.95. The average molecular weight is 223 g/mol. The van der Waals surface area contributed by atoms with Crippen LogP contribution in [0, 0.1) is 0 Å². The topological polar surface area (TPSA) is 49.7 Å². The molecule has 15 heavy (non-hydrogen) atoms. The van der Waals surface area contributed by atoms with Crippen LogP contribution in [0.4, 0.5) is 0 Å². The predicted octanol–water partition coefficient (Wildman–Crippen LogP) is 2.25. The van der Waals surface area contributed by atoms with E-state index in [1.807, 2.05) is 19.1 Å². The van der Waals surface area contributed by atoms with Crippen molar-refractivity contribution in [2.24, 2.45) is 4.99 Å². The van der Waals surface area contributed by atoms with Crippen LogP contribution in [0.25, 0.3) is 0 Å². The Balaban J connectivity index is 2.21. The van der Waals surface area contributed by atoms with Gasteiger partial charge >= 0.3 is 5.97 Å². The van der Waals surface area contributed by atoms with Crippen LogP contribution < -0.4 is 0 Å². The van der Waals surface area contributed by atoms with Gasteiger partial charge < -0.3 is 5.11 Å². The Morgan fingerprint density at radius 1 is 1.73 bits per heavy atom. The molecule has 1 heterocycles. The quantitative estimate of drug-likeness (QED) is 0.781. The Labute approximate surface area is 93.0 Å². The molecule has 0 saturated carbocycles. The predicted molar refractivity (Wildman–Crippen MR) is 62.4 cm³/mol. The van der Waals surface area contributed by atoms with Crippen molar-refractivity contribution in [3.05, 3.63) is 23.8 Å². The van der Waals surface area contributed by atoms with Gasteiger partial charge in [0.25, 0.3) is 0 Å². The zero-order chi connectivity index (χ0) is 10.8. The fourth-order valence-corrected chi connectivity index (χ4v) is 2.96. The molecule has 0 fully saturated rings. The molecular formula is C11H13NO2S. The maximum Gasteiger partial charge on any atom is 0.307 e. The number of carboxylic acids is 1. The Bertz CT molecular complexity index is 371. The molecule has 3 nitrogen and oxygen atoms in total. The van der Waals surface area contributed by atoms with Gasteiger partial charge in [0.05, 0.1) is 17.5 Å². The third kappa shape index (κ3) is 2.72. The maximum atomic E-state index is 10.6. The summed E-state index contributed by atoms with van der Waals surface area (Å²) in [5, 5.41) is 10.3. The molecule has 1 aliphatic carbocycles. The molecule has 0 aromatic carbocycles. The molecule has 0 saturated heterocycles. The smallest absolute Gasteiger partial charge is 0.307 e. The molecule has 1 N–H and O–H groups in total. The zero-order valence-corrected chi connectivity index (χ0v) is 9.33. The van der Waals surface area contributed by atoms with Crippen LogP contribution in [0.1, 0.15) is 19.8 Å². The van der Waals surface area contributed by atoms with E-state index in [1.165, 1.54) is 0 Å². The first-order chi connectivity index (χ1) is 7.13. The van der Waals surface area contributed by atoms with Gasteiger partial charge in [-0.15, -0.1) is 11.8 Å². The number of aliphatic carboxylic acids is 1. The molecule has 0 aromatic heterocycles. The van der Waals surface area contributed by atoms with Gasteiger partial charge in [-0.2, -0.15) is 0 Å². The van der Waals surface area contributed by atoms with Crippen molar-refractivity contribution in [2.45, 2.75) is 31.1 Å². The van der Waals surface area contributed by atoms with Crippen molar-refractivity contribution >= 4 is 22.8 Å². The molecule has 1 aliphatic heterocycles. The van der Waals surface area contributed by atoms with Gasteiger partial charge in [0.2, 0.25) is 0 Å². The summed E-state index contributed by atoms with van der Waals surface area (Å²) in [5.41, 5.74) is 0.869. The summed E-state index contributed by atoms with van der Waals surface area (Å²) in [7, 11) is 0. The summed E-state index contributed by atoms with van der Waals surface area (Å²) in [5.74, 6) is -0.782. The molecular weight excluding hydrogens is 210 g/mol. The molecule has 2 bridgehead atoms. The molecule has 2 aliphatic rings. The number of allylic oxidation sites excluding steroid dienone is 1. The summed E-state index contributed by atoms with van der Waals surface area (Å²) in [6.07, 6.45) is 7.09. The summed E-state index contributed by atoms with van der Waals surface area (Å²) in [4.78, 5) is 15.1. The molecule has 2 rings (SSSR count). The first-order valence-corrected chi connectivity index (χ1v) is 5.83. The third-order valence-electron chi connectivity index (χ3n) is 2.43. The van der Waals surface area contributed by atoms with Crippen LogP contribution in [0.5, 0.6) is 0 Å². The number of rotatable bonds is 2. The Morgan fingerprint density at radius 2 is 2.53 bits per heavy atom. The summed E-state index contributed by atoms with van der Waals surface area (Å²) >= 11 is 1.76. The number of carbonyl (C=O) groups is 1. The van der Waals surface area contributed by atoms with Gasteiger partial charge in [0.15, 0.2) is 0 Å². The van der Waals surface area contributed by atoms with Crippen LogP contribution in [-0.4, -0.2) is 27.4 Å². The normalized spacial score (nSPS) is 29.1. The highest BCUT2D eigenvalue weighted by atomic mass is 32.2. The molecule has 0 aromatic rings. The van der Waals surface area contributed by atoms with Gasteiger partial charge in [-0.3, -0.25) is 9.79 Å². The maximum absolute atomic E-state index is 10.6. The van der Waals surface area contributed by atoms with E-state index in [0.717, 1.165) is 17.0 Å². The van der Waals surface area contributed by atoms with Gasteiger partial charge in [-0.1, -0.05) is 18.2 Å². The van der Waals surface area contributed by atoms with E-state index in [2.05, 4.69) is 11.1 Å². The van der Waals surface area contributed by atoms with E-state index in [-0.39, 0.29) is 12.5 Å². The number of nitrogens with zero attached hydrogens (tertiary/aromatic N) is 1. The van der Waals surface area contributed by atoms with Gasteiger partial charge in [-0.05, 0) is 18.9 Å². The minimum atomic E-state index is -0.782. The number of aliphatic imine (C=N–C) groups is 1. The highest BCUT2D eigenvalue weighted by Gasteiger charge is 2.22. The molecule has 2 atom stereocenters. The van der Waals surface area contributed by atoms with Crippen molar-refractivity contribution in [1.82, 2.24) is 0 Å². The molecule has 0 amide bonds. The monoisotopic (exact) mass is 223 g/mol. The van der Waals surface area contributed by atoms with E-state index < -0.39 is 5.97 Å². The fraction of sp³-hybridized carbons (Fsp3) is 0.455. The van der Waals surface area contributed by atoms with E-state index >= 15 is 0 Å². The van der Waals surface area contributed by atoms with E-state index in [4.69, 9.17) is 5.11 Å². The van der Waals surface area contributed by atoms with E-state index in [0.29, 0.717) is 5.25 Å². The second-order valence-corrected chi connectivity index (χ2v) is 5.21. The lowest BCUT2D eigenvalue weighted by atomic mass is 10.1.